The average molecular weight is 328 g/mol. The van der Waals surface area contributed by atoms with Crippen LogP contribution >= 0.6 is 11.3 Å². The van der Waals surface area contributed by atoms with Gasteiger partial charge in [0.15, 0.2) is 5.13 Å². The minimum Gasteiger partial charge on any atom is -0.507 e. The number of thiazole rings is 1. The number of phenolic OH excluding ortho intramolecular Hbond substituents is 1. The number of nitrogens with zero attached hydrogens (tertiary/aromatic N) is 1. The van der Waals surface area contributed by atoms with Gasteiger partial charge >= 0.3 is 0 Å². The van der Waals surface area contributed by atoms with Gasteiger partial charge in [0.05, 0.1) is 11.3 Å². The van der Waals surface area contributed by atoms with Gasteiger partial charge < -0.3 is 15.8 Å². The highest BCUT2D eigenvalue weighted by Gasteiger charge is 2.14. The van der Waals surface area contributed by atoms with Gasteiger partial charge in [-0.1, -0.05) is 12.1 Å². The van der Waals surface area contributed by atoms with Gasteiger partial charge in [-0.2, -0.15) is 0 Å². The number of hydrogen-bond donors (Lipinski definition) is 4. The van der Waals surface area contributed by atoms with E-state index < -0.39 is 11.8 Å². The van der Waals surface area contributed by atoms with Gasteiger partial charge in [0.25, 0.3) is 11.8 Å². The van der Waals surface area contributed by atoms with Crippen LogP contribution in [0.25, 0.3) is 11.3 Å². The number of carbonyl (C=O) groups is 2. The minimum absolute atomic E-state index is 0.0986. The van der Waals surface area contributed by atoms with E-state index in [4.69, 9.17) is 5.73 Å². The summed E-state index contributed by atoms with van der Waals surface area (Å²) in [5, 5.41) is 14.4. The summed E-state index contributed by atoms with van der Waals surface area (Å²) in [7, 11) is 0. The Morgan fingerprint density at radius 3 is 2.78 bits per heavy atom. The summed E-state index contributed by atoms with van der Waals surface area (Å²) in [6, 6.07) is 7.84. The largest absolute Gasteiger partial charge is 0.507 e. The fraction of sp³-hybridized carbons (Fsp3) is 0. The molecule has 0 aliphatic carbocycles. The van der Waals surface area contributed by atoms with Crippen molar-refractivity contribution >= 4 is 28.3 Å². The number of hydrogen-bond acceptors (Lipinski definition) is 5. The Labute approximate surface area is 134 Å². The van der Waals surface area contributed by atoms with E-state index in [0.717, 1.165) is 0 Å². The number of aromatic hydroxyl groups is 1. The number of anilines is 1. The molecule has 7 nitrogen and oxygen atoms in total. The molecule has 2 aromatic heterocycles. The Morgan fingerprint density at radius 1 is 1.30 bits per heavy atom. The average Bonchev–Trinajstić information content (AvgIpc) is 3.16. The number of rotatable bonds is 4. The Balaban J connectivity index is 1.78. The van der Waals surface area contributed by atoms with Crippen LogP contribution in [0.2, 0.25) is 0 Å². The molecule has 8 heteroatoms. The molecule has 3 aromatic rings. The molecule has 5 N–H and O–H groups in total. The zero-order valence-corrected chi connectivity index (χ0v) is 12.6. The lowest BCUT2D eigenvalue weighted by Gasteiger charge is -2.03. The molecule has 0 radical (unpaired) electrons. The Bertz CT molecular complexity index is 884. The lowest BCUT2D eigenvalue weighted by Crippen LogP contribution is -2.11. The maximum Gasteiger partial charge on any atom is 0.265 e. The first-order valence-corrected chi connectivity index (χ1v) is 7.46. The molecular weight excluding hydrogens is 316 g/mol. The summed E-state index contributed by atoms with van der Waals surface area (Å²) in [6.45, 7) is 0. The quantitative estimate of drug-likeness (QED) is 0.586. The van der Waals surface area contributed by atoms with Gasteiger partial charge in [0, 0.05) is 17.1 Å². The molecule has 2 amide bonds. The predicted octanol–water partition coefficient (Wildman–Crippen LogP) is 2.19. The van der Waals surface area contributed by atoms with Crippen LogP contribution in [-0.4, -0.2) is 26.9 Å². The molecule has 3 rings (SSSR count). The monoisotopic (exact) mass is 328 g/mol. The van der Waals surface area contributed by atoms with Crippen LogP contribution in [0.5, 0.6) is 5.75 Å². The highest BCUT2D eigenvalue weighted by molar-refractivity contribution is 7.14. The van der Waals surface area contributed by atoms with E-state index in [1.165, 1.54) is 23.5 Å². The molecule has 0 unspecified atom stereocenters. The second-order valence-corrected chi connectivity index (χ2v) is 5.53. The lowest BCUT2D eigenvalue weighted by molar-refractivity contribution is 0.0993. The van der Waals surface area contributed by atoms with Crippen molar-refractivity contribution in [2.24, 2.45) is 5.73 Å². The first-order valence-electron chi connectivity index (χ1n) is 6.58. The highest BCUT2D eigenvalue weighted by Crippen LogP contribution is 2.26. The summed E-state index contributed by atoms with van der Waals surface area (Å²) >= 11 is 1.24. The van der Waals surface area contributed by atoms with Crippen LogP contribution in [0.15, 0.2) is 41.9 Å². The summed E-state index contributed by atoms with van der Waals surface area (Å²) in [5.74, 6) is -1.10. The van der Waals surface area contributed by atoms with Gasteiger partial charge in [-0.05, 0) is 18.2 Å². The molecule has 0 saturated heterocycles. The predicted molar refractivity (Wildman–Crippen MR) is 86.5 cm³/mol. The van der Waals surface area contributed by atoms with Crippen molar-refractivity contribution in [1.82, 2.24) is 9.97 Å². The van der Waals surface area contributed by atoms with Crippen LogP contribution in [-0.2, 0) is 0 Å². The van der Waals surface area contributed by atoms with Crippen molar-refractivity contribution in [3.63, 3.8) is 0 Å². The fourth-order valence-corrected chi connectivity index (χ4v) is 2.69. The van der Waals surface area contributed by atoms with E-state index >= 15 is 0 Å². The van der Waals surface area contributed by atoms with Crippen LogP contribution in [0, 0.1) is 0 Å². The number of nitrogens with one attached hydrogen (secondary N) is 2. The first kappa shape index (κ1) is 14.8. The van der Waals surface area contributed by atoms with Crippen molar-refractivity contribution in [3.05, 3.63) is 53.2 Å². The standard InChI is InChI=1S/C15H12N4O3S/c16-13(21)10-5-8(6-17-10)11-7-23-15(18-11)19-14(22)9-3-1-2-4-12(9)20/h1-7,17,20H,(H2,16,21)(H,18,19,22). The molecule has 0 spiro atoms. The lowest BCUT2D eigenvalue weighted by atomic mass is 10.2. The third kappa shape index (κ3) is 3.06. The number of phenols is 1. The Hall–Kier alpha value is -3.13. The van der Waals surface area contributed by atoms with Gasteiger partial charge in [-0.15, -0.1) is 11.3 Å². The summed E-state index contributed by atoms with van der Waals surface area (Å²) in [6.07, 6.45) is 1.61. The molecular formula is C15H12N4O3S. The van der Waals surface area contributed by atoms with Crippen molar-refractivity contribution < 1.29 is 14.7 Å². The van der Waals surface area contributed by atoms with Crippen molar-refractivity contribution in [2.45, 2.75) is 0 Å². The number of primary amides is 1. The zero-order valence-electron chi connectivity index (χ0n) is 11.7. The number of benzene rings is 1. The molecule has 0 atom stereocenters. The van der Waals surface area contributed by atoms with Gasteiger partial charge in [0.1, 0.15) is 11.4 Å². The van der Waals surface area contributed by atoms with Crippen molar-refractivity contribution in [2.75, 3.05) is 5.32 Å². The third-order valence-electron chi connectivity index (χ3n) is 3.12. The second-order valence-electron chi connectivity index (χ2n) is 4.68. The number of para-hydroxylation sites is 1. The molecule has 1 aromatic carbocycles. The number of aromatic amines is 1. The molecule has 116 valence electrons. The maximum atomic E-state index is 12.1. The molecule has 2 heterocycles. The smallest absolute Gasteiger partial charge is 0.265 e. The number of amides is 2. The molecule has 0 aliphatic heterocycles. The highest BCUT2D eigenvalue weighted by atomic mass is 32.1. The van der Waals surface area contributed by atoms with Crippen LogP contribution in [0.4, 0.5) is 5.13 Å². The minimum atomic E-state index is -0.556. The number of nitrogens with two attached hydrogens (primary N) is 1. The van der Waals surface area contributed by atoms with E-state index in [1.54, 1.807) is 29.8 Å². The summed E-state index contributed by atoms with van der Waals surface area (Å²) in [4.78, 5) is 30.2. The SMILES string of the molecule is NC(=O)c1cc(-c2csc(NC(=O)c3ccccc3O)n2)c[nH]1. The number of carbonyl (C=O) groups excluding carboxylic acids is 2. The first-order chi connectivity index (χ1) is 11.0. The molecule has 0 aliphatic rings. The molecule has 0 bridgehead atoms. The van der Waals surface area contributed by atoms with E-state index in [9.17, 15) is 14.7 Å². The van der Waals surface area contributed by atoms with E-state index in [0.29, 0.717) is 16.4 Å². The normalized spacial score (nSPS) is 10.4. The van der Waals surface area contributed by atoms with E-state index in [1.807, 2.05) is 0 Å². The summed E-state index contributed by atoms with van der Waals surface area (Å²) < 4.78 is 0. The Morgan fingerprint density at radius 2 is 2.09 bits per heavy atom. The molecule has 23 heavy (non-hydrogen) atoms. The van der Waals surface area contributed by atoms with Gasteiger partial charge in [0.2, 0.25) is 0 Å². The topological polar surface area (TPSA) is 121 Å². The van der Waals surface area contributed by atoms with Crippen LogP contribution < -0.4 is 11.1 Å². The van der Waals surface area contributed by atoms with Crippen LogP contribution in [0.3, 0.4) is 0 Å². The second kappa shape index (κ2) is 5.93. The van der Waals surface area contributed by atoms with Crippen molar-refractivity contribution in [1.29, 1.82) is 0 Å². The van der Waals surface area contributed by atoms with Gasteiger partial charge in [-0.3, -0.25) is 14.9 Å². The third-order valence-corrected chi connectivity index (χ3v) is 3.88. The maximum absolute atomic E-state index is 12.1. The number of aromatic nitrogens is 2. The molecule has 0 saturated carbocycles. The molecule has 0 fully saturated rings. The van der Waals surface area contributed by atoms with Crippen molar-refractivity contribution in [3.8, 4) is 17.0 Å². The zero-order chi connectivity index (χ0) is 16.4. The number of H-pyrrole nitrogens is 1. The fourth-order valence-electron chi connectivity index (χ4n) is 1.98. The summed E-state index contributed by atoms with van der Waals surface area (Å²) in [5.41, 5.74) is 6.94. The Kier molecular flexibility index (Phi) is 3.82. The van der Waals surface area contributed by atoms with E-state index in [-0.39, 0.29) is 17.0 Å². The van der Waals surface area contributed by atoms with E-state index in [2.05, 4.69) is 15.3 Å². The van der Waals surface area contributed by atoms with Gasteiger partial charge in [-0.25, -0.2) is 4.98 Å². The van der Waals surface area contributed by atoms with Crippen LogP contribution in [0.1, 0.15) is 20.8 Å².